The maximum atomic E-state index is 11.0. The molecule has 0 unspecified atom stereocenters. The van der Waals surface area contributed by atoms with Gasteiger partial charge in [0.15, 0.2) is 0 Å². The average molecular weight is 711 g/mol. The molecule has 0 aliphatic carbocycles. The molecule has 258 valence electrons. The molecule has 0 aliphatic heterocycles. The van der Waals surface area contributed by atoms with Crippen molar-refractivity contribution in [2.45, 2.75) is 0 Å². The molecule has 0 amide bonds. The highest BCUT2D eigenvalue weighted by Gasteiger charge is 2.23. The Labute approximate surface area is 322 Å². The van der Waals surface area contributed by atoms with Gasteiger partial charge in [-0.3, -0.25) is 0 Å². The van der Waals surface area contributed by atoms with Crippen molar-refractivity contribution in [3.05, 3.63) is 199 Å². The summed E-state index contributed by atoms with van der Waals surface area (Å²) in [6.07, 6.45) is 0. The first-order valence-corrected chi connectivity index (χ1v) is 18.7. The molecule has 0 aliphatic rings. The van der Waals surface area contributed by atoms with E-state index < -0.39 is 0 Å². The molecule has 4 heteroatoms. The quantitative estimate of drug-likeness (QED) is 0.168. The second kappa shape index (κ2) is 12.3. The van der Waals surface area contributed by atoms with Gasteiger partial charge in [0.25, 0.3) is 0 Å². The second-order valence-electron chi connectivity index (χ2n) is 14.3. The Kier molecular flexibility index (Phi) is 6.95. The number of nitriles is 1. The number of hydrogen-bond acceptors (Lipinski definition) is 1. The third-order valence-corrected chi connectivity index (χ3v) is 11.3. The van der Waals surface area contributed by atoms with Crippen LogP contribution in [0.5, 0.6) is 0 Å². The van der Waals surface area contributed by atoms with Gasteiger partial charge in [-0.1, -0.05) is 133 Å². The minimum Gasteiger partial charge on any atom is -0.318 e. The summed E-state index contributed by atoms with van der Waals surface area (Å²) < 4.78 is 4.35. The molecular weight excluding hydrogens is 681 g/mol. The lowest BCUT2D eigenvalue weighted by atomic mass is 10.0. The first-order chi connectivity index (χ1) is 27.7. The van der Waals surface area contributed by atoms with E-state index in [2.05, 4.69) is 178 Å². The lowest BCUT2D eigenvalue weighted by molar-refractivity contribution is 1.14. The van der Waals surface area contributed by atoms with Crippen molar-refractivity contribution < 1.29 is 0 Å². The van der Waals surface area contributed by atoms with E-state index in [1.165, 1.54) is 0 Å². The zero-order chi connectivity index (χ0) is 37.3. The van der Waals surface area contributed by atoms with E-state index in [0.29, 0.717) is 16.9 Å². The van der Waals surface area contributed by atoms with Gasteiger partial charge in [0.05, 0.1) is 39.9 Å². The minimum absolute atomic E-state index is 0.412. The van der Waals surface area contributed by atoms with Gasteiger partial charge in [-0.15, -0.1) is 0 Å². The molecule has 2 aromatic heterocycles. The summed E-state index contributed by atoms with van der Waals surface area (Å²) in [7, 11) is 0. The lowest BCUT2D eigenvalue weighted by Gasteiger charge is -2.16. The van der Waals surface area contributed by atoms with Crippen LogP contribution in [0.3, 0.4) is 0 Å². The Morgan fingerprint density at radius 1 is 0.429 bits per heavy atom. The number of fused-ring (bicyclic) bond motifs is 10. The molecule has 0 atom stereocenters. The van der Waals surface area contributed by atoms with Gasteiger partial charge in [0, 0.05) is 27.2 Å². The second-order valence-corrected chi connectivity index (χ2v) is 14.3. The number of rotatable bonds is 4. The van der Waals surface area contributed by atoms with Crippen molar-refractivity contribution in [1.29, 1.82) is 5.26 Å². The zero-order valence-corrected chi connectivity index (χ0v) is 30.1. The highest BCUT2D eigenvalue weighted by atomic mass is 15.0. The molecule has 0 radical (unpaired) electrons. The largest absolute Gasteiger partial charge is 0.318 e. The highest BCUT2D eigenvalue weighted by molar-refractivity contribution is 6.23. The normalized spacial score (nSPS) is 11.5. The average Bonchev–Trinajstić information content (AvgIpc) is 3.79. The van der Waals surface area contributed by atoms with Gasteiger partial charge >= 0.3 is 0 Å². The third kappa shape index (κ3) is 4.64. The van der Waals surface area contributed by atoms with Gasteiger partial charge in [-0.25, -0.2) is 4.85 Å². The van der Waals surface area contributed by atoms with E-state index in [1.54, 1.807) is 0 Å². The number of hydrogen-bond donors (Lipinski definition) is 0. The van der Waals surface area contributed by atoms with Crippen molar-refractivity contribution in [2.75, 3.05) is 0 Å². The van der Waals surface area contributed by atoms with Crippen LogP contribution >= 0.6 is 0 Å². The van der Waals surface area contributed by atoms with E-state index in [1.807, 2.05) is 24.3 Å². The molecule has 0 saturated heterocycles. The zero-order valence-electron chi connectivity index (χ0n) is 30.1. The molecule has 0 N–H and O–H groups in total. The lowest BCUT2D eigenvalue weighted by Crippen LogP contribution is -2.02. The summed E-state index contributed by atoms with van der Waals surface area (Å²) >= 11 is 0. The molecule has 0 saturated carbocycles. The molecule has 4 nitrogen and oxygen atoms in total. The highest BCUT2D eigenvalue weighted by Crippen LogP contribution is 2.44. The van der Waals surface area contributed by atoms with Gasteiger partial charge < -0.3 is 9.13 Å². The van der Waals surface area contributed by atoms with E-state index in [4.69, 9.17) is 6.57 Å². The van der Waals surface area contributed by atoms with E-state index >= 15 is 0 Å². The van der Waals surface area contributed by atoms with Gasteiger partial charge in [0.2, 0.25) is 5.69 Å². The summed E-state index contributed by atoms with van der Waals surface area (Å²) in [5, 5.41) is 20.1. The SMILES string of the molecule is [C-]#[N+]c1cc(-n2c3ccc(-c4ccccc4)cc3c3c4ccccc4ccc32)cc(C#N)c1-n1c2ccc(-c3ccccc3)cc2c2c3ccccc3ccc21. The standard InChI is InChI=1S/C52H30N4/c1-54-45-31-40(55-46-24-22-37(33-12-4-2-5-13-33)29-43(46)50-41-18-10-8-16-35(41)20-26-48(50)55)28-39(32-53)52(45)56-47-25-23-38(34-14-6-3-7-15-34)30-44(47)51-42-19-11-9-17-36(42)21-27-49(51)56/h2-31H. The summed E-state index contributed by atoms with van der Waals surface area (Å²) in [5.74, 6) is 0. The van der Waals surface area contributed by atoms with Crippen molar-refractivity contribution >= 4 is 70.8 Å². The van der Waals surface area contributed by atoms with Gasteiger partial charge in [-0.2, -0.15) is 5.26 Å². The predicted molar refractivity (Wildman–Crippen MR) is 232 cm³/mol. The molecule has 2 heterocycles. The van der Waals surface area contributed by atoms with E-state index in [0.717, 1.165) is 93.1 Å². The first-order valence-electron chi connectivity index (χ1n) is 18.7. The fourth-order valence-corrected chi connectivity index (χ4v) is 8.86. The molecule has 0 spiro atoms. The topological polar surface area (TPSA) is 38.0 Å². The van der Waals surface area contributed by atoms with E-state index in [9.17, 15) is 5.26 Å². The monoisotopic (exact) mass is 710 g/mol. The summed E-state index contributed by atoms with van der Waals surface area (Å²) in [6.45, 7) is 8.62. The van der Waals surface area contributed by atoms with Gasteiger partial charge in [-0.05, 0) is 92.3 Å². The summed E-state index contributed by atoms with van der Waals surface area (Å²) in [5.41, 5.74) is 10.7. The van der Waals surface area contributed by atoms with E-state index in [-0.39, 0.29) is 0 Å². The van der Waals surface area contributed by atoms with Crippen LogP contribution in [0.1, 0.15) is 5.56 Å². The molecule has 56 heavy (non-hydrogen) atoms. The minimum atomic E-state index is 0.412. The Hall–Kier alpha value is -7.92. The van der Waals surface area contributed by atoms with Crippen LogP contribution in [0, 0.1) is 17.9 Å². The van der Waals surface area contributed by atoms with Crippen LogP contribution in [0.2, 0.25) is 0 Å². The van der Waals surface area contributed by atoms with Crippen LogP contribution in [0.4, 0.5) is 5.69 Å². The molecular formula is C52H30N4. The smallest absolute Gasteiger partial charge is 0.214 e. The van der Waals surface area contributed by atoms with Crippen molar-refractivity contribution in [2.24, 2.45) is 0 Å². The fraction of sp³-hybridized carbons (Fsp3) is 0. The van der Waals surface area contributed by atoms with Crippen LogP contribution in [-0.4, -0.2) is 9.13 Å². The summed E-state index contributed by atoms with van der Waals surface area (Å²) in [4.78, 5) is 4.18. The molecule has 11 rings (SSSR count). The Balaban J connectivity index is 1.21. The summed E-state index contributed by atoms with van der Waals surface area (Å²) in [6, 6.07) is 66.0. The van der Waals surface area contributed by atoms with Crippen LogP contribution in [0.25, 0.3) is 104 Å². The molecule has 0 fully saturated rings. The van der Waals surface area contributed by atoms with Crippen molar-refractivity contribution in [3.63, 3.8) is 0 Å². The maximum Gasteiger partial charge on any atom is 0.214 e. The molecule has 9 aromatic carbocycles. The van der Waals surface area contributed by atoms with Crippen molar-refractivity contribution in [3.8, 4) is 39.7 Å². The number of benzene rings is 9. The molecule has 11 aromatic rings. The van der Waals surface area contributed by atoms with Crippen LogP contribution in [0.15, 0.2) is 182 Å². The first kappa shape index (κ1) is 31.6. The number of nitrogens with zero attached hydrogens (tertiary/aromatic N) is 4. The third-order valence-electron chi connectivity index (χ3n) is 11.3. The Morgan fingerprint density at radius 3 is 1.45 bits per heavy atom. The fourth-order valence-electron chi connectivity index (χ4n) is 8.86. The van der Waals surface area contributed by atoms with Crippen LogP contribution < -0.4 is 0 Å². The van der Waals surface area contributed by atoms with Crippen molar-refractivity contribution in [1.82, 2.24) is 9.13 Å². The predicted octanol–water partition coefficient (Wildman–Crippen LogP) is 13.9. The van der Waals surface area contributed by atoms with Gasteiger partial charge in [0.1, 0.15) is 6.07 Å². The van der Waals surface area contributed by atoms with Crippen LogP contribution in [-0.2, 0) is 0 Å². The molecule has 0 bridgehead atoms. The Morgan fingerprint density at radius 2 is 0.911 bits per heavy atom. The number of aromatic nitrogens is 2. The maximum absolute atomic E-state index is 11.0. The Bertz CT molecular complexity index is 3450.